The van der Waals surface area contributed by atoms with Crippen molar-refractivity contribution in [2.45, 2.75) is 6.54 Å². The van der Waals surface area contributed by atoms with E-state index in [1.807, 2.05) is 50.2 Å². The minimum Gasteiger partial charge on any atom is -0.353 e. The highest BCUT2D eigenvalue weighted by molar-refractivity contribution is 5.96. The van der Waals surface area contributed by atoms with Gasteiger partial charge in [-0.1, -0.05) is 12.1 Å². The Morgan fingerprint density at radius 1 is 0.889 bits per heavy atom. The zero-order chi connectivity index (χ0) is 24.5. The van der Waals surface area contributed by atoms with Crippen LogP contribution >= 0.6 is 0 Å². The van der Waals surface area contributed by atoms with E-state index in [1.54, 1.807) is 23.1 Å². The van der Waals surface area contributed by atoms with Crippen molar-refractivity contribution >= 4 is 16.7 Å². The van der Waals surface area contributed by atoms with Gasteiger partial charge in [-0.05, 0) is 35.4 Å². The van der Waals surface area contributed by atoms with Gasteiger partial charge in [-0.15, -0.1) is 0 Å². The van der Waals surface area contributed by atoms with Gasteiger partial charge in [0.25, 0.3) is 0 Å². The Labute approximate surface area is 208 Å². The minimum absolute atomic E-state index is 0.188. The first-order valence-electron chi connectivity index (χ1n) is 11.9. The molecule has 5 aromatic rings. The monoisotopic (exact) mass is 480 g/mol. The molecule has 6 rings (SSSR count). The van der Waals surface area contributed by atoms with Crippen LogP contribution in [-0.2, 0) is 13.6 Å². The van der Waals surface area contributed by atoms with Crippen LogP contribution in [0.1, 0.15) is 5.56 Å². The SMILES string of the molecule is Cn1cc(-c2cc(-c3cnc(N4CCN(Cc5cccc(F)c5)CC4)cn3)c3cncnc3c2)cn1. The van der Waals surface area contributed by atoms with Crippen LogP contribution in [0, 0.1) is 5.82 Å². The van der Waals surface area contributed by atoms with Crippen LogP contribution in [-0.4, -0.2) is 60.8 Å². The lowest BCUT2D eigenvalue weighted by atomic mass is 10.00. The van der Waals surface area contributed by atoms with Gasteiger partial charge in [-0.25, -0.2) is 19.3 Å². The molecule has 36 heavy (non-hydrogen) atoms. The van der Waals surface area contributed by atoms with Crippen LogP contribution in [0.3, 0.4) is 0 Å². The predicted octanol–water partition coefficient (Wildman–Crippen LogP) is 3.95. The lowest BCUT2D eigenvalue weighted by molar-refractivity contribution is 0.249. The molecule has 1 saturated heterocycles. The fraction of sp³-hybridized carbons (Fsp3) is 0.222. The lowest BCUT2D eigenvalue weighted by Crippen LogP contribution is -2.46. The first-order chi connectivity index (χ1) is 17.6. The van der Waals surface area contributed by atoms with Crippen LogP contribution in [0.5, 0.6) is 0 Å². The average Bonchev–Trinajstić information content (AvgIpc) is 3.35. The Balaban J connectivity index is 1.21. The molecule has 2 aromatic carbocycles. The minimum atomic E-state index is -0.188. The molecule has 0 radical (unpaired) electrons. The van der Waals surface area contributed by atoms with Gasteiger partial charge in [-0.2, -0.15) is 5.10 Å². The van der Waals surface area contributed by atoms with Crippen LogP contribution in [0.25, 0.3) is 33.3 Å². The summed E-state index contributed by atoms with van der Waals surface area (Å²) >= 11 is 0. The average molecular weight is 481 g/mol. The van der Waals surface area contributed by atoms with Crippen molar-refractivity contribution in [2.24, 2.45) is 7.05 Å². The van der Waals surface area contributed by atoms with Gasteiger partial charge < -0.3 is 4.90 Å². The van der Waals surface area contributed by atoms with E-state index in [0.29, 0.717) is 0 Å². The fourth-order valence-electron chi connectivity index (χ4n) is 4.68. The summed E-state index contributed by atoms with van der Waals surface area (Å²) in [5, 5.41) is 5.23. The molecule has 0 saturated carbocycles. The summed E-state index contributed by atoms with van der Waals surface area (Å²) < 4.78 is 15.3. The van der Waals surface area contributed by atoms with E-state index in [-0.39, 0.29) is 5.82 Å². The molecular formula is C27H25FN8. The number of anilines is 1. The molecular weight excluding hydrogens is 455 g/mol. The van der Waals surface area contributed by atoms with Gasteiger partial charge >= 0.3 is 0 Å². The van der Waals surface area contributed by atoms with Crippen molar-refractivity contribution in [2.75, 3.05) is 31.1 Å². The Morgan fingerprint density at radius 2 is 1.78 bits per heavy atom. The van der Waals surface area contributed by atoms with E-state index in [0.717, 1.165) is 77.4 Å². The van der Waals surface area contributed by atoms with Gasteiger partial charge in [0, 0.05) is 68.7 Å². The van der Waals surface area contributed by atoms with Gasteiger partial charge in [0.15, 0.2) is 0 Å². The third kappa shape index (κ3) is 4.52. The van der Waals surface area contributed by atoms with Crippen molar-refractivity contribution in [1.29, 1.82) is 0 Å². The molecule has 0 atom stereocenters. The van der Waals surface area contributed by atoms with Gasteiger partial charge in [0.1, 0.15) is 18.0 Å². The highest BCUT2D eigenvalue weighted by Gasteiger charge is 2.19. The first kappa shape index (κ1) is 22.2. The van der Waals surface area contributed by atoms with Crippen LogP contribution in [0.4, 0.5) is 10.2 Å². The molecule has 4 heterocycles. The zero-order valence-corrected chi connectivity index (χ0v) is 19.9. The standard InChI is InChI=1S/C27H25FN8/c1-34-17-21(12-33-34)20-10-23(24-13-29-18-32-25(24)11-20)26-14-31-27(15-30-26)36-7-5-35(6-8-36)16-19-3-2-4-22(28)9-19/h2-4,9-15,17-18H,5-8,16H2,1H3. The number of halogens is 1. The summed E-state index contributed by atoms with van der Waals surface area (Å²) in [5.41, 5.74) is 5.59. The molecule has 8 nitrogen and oxygen atoms in total. The third-order valence-electron chi connectivity index (χ3n) is 6.57. The number of nitrogens with zero attached hydrogens (tertiary/aromatic N) is 8. The van der Waals surface area contributed by atoms with Crippen molar-refractivity contribution < 1.29 is 4.39 Å². The second-order valence-electron chi connectivity index (χ2n) is 9.03. The molecule has 1 aliphatic rings. The topological polar surface area (TPSA) is 75.9 Å². The number of aryl methyl sites for hydroxylation is 1. The molecule has 180 valence electrons. The summed E-state index contributed by atoms with van der Waals surface area (Å²) in [6.45, 7) is 4.20. The molecule has 1 fully saturated rings. The molecule has 1 aliphatic heterocycles. The summed E-state index contributed by atoms with van der Waals surface area (Å²) in [5.74, 6) is 0.667. The van der Waals surface area contributed by atoms with Crippen molar-refractivity contribution in [3.05, 3.63) is 85.1 Å². The summed E-state index contributed by atoms with van der Waals surface area (Å²) in [6.07, 6.45) is 10.9. The number of rotatable bonds is 5. The van der Waals surface area contributed by atoms with Crippen molar-refractivity contribution in [1.82, 2.24) is 34.6 Å². The smallest absolute Gasteiger partial charge is 0.147 e. The van der Waals surface area contributed by atoms with E-state index in [4.69, 9.17) is 9.97 Å². The molecule has 0 N–H and O–H groups in total. The Kier molecular flexibility index (Phi) is 5.82. The molecule has 0 aliphatic carbocycles. The number of hydrogen-bond acceptors (Lipinski definition) is 7. The molecule has 0 amide bonds. The van der Waals surface area contributed by atoms with Gasteiger partial charge in [-0.3, -0.25) is 14.6 Å². The van der Waals surface area contributed by atoms with Crippen molar-refractivity contribution in [3.8, 4) is 22.4 Å². The quantitative estimate of drug-likeness (QED) is 0.377. The zero-order valence-electron chi connectivity index (χ0n) is 19.9. The van der Waals surface area contributed by atoms with E-state index in [2.05, 4.69) is 30.9 Å². The second-order valence-corrected chi connectivity index (χ2v) is 9.03. The number of aromatic nitrogens is 6. The summed E-state index contributed by atoms with van der Waals surface area (Å²) in [7, 11) is 1.90. The highest BCUT2D eigenvalue weighted by Crippen LogP contribution is 2.32. The number of fused-ring (bicyclic) bond motifs is 1. The van der Waals surface area contributed by atoms with Crippen LogP contribution < -0.4 is 4.90 Å². The fourth-order valence-corrected chi connectivity index (χ4v) is 4.68. The molecule has 0 unspecified atom stereocenters. The first-order valence-corrected chi connectivity index (χ1v) is 11.9. The Morgan fingerprint density at radius 3 is 2.53 bits per heavy atom. The molecule has 0 bridgehead atoms. The number of hydrogen-bond donors (Lipinski definition) is 0. The highest BCUT2D eigenvalue weighted by atomic mass is 19.1. The van der Waals surface area contributed by atoms with Gasteiger partial charge in [0.2, 0.25) is 0 Å². The van der Waals surface area contributed by atoms with E-state index < -0.39 is 0 Å². The maximum absolute atomic E-state index is 13.5. The van der Waals surface area contributed by atoms with Crippen LogP contribution in [0.15, 0.2) is 73.7 Å². The maximum atomic E-state index is 13.5. The third-order valence-corrected chi connectivity index (χ3v) is 6.57. The molecule has 9 heteroatoms. The number of benzene rings is 2. The normalized spacial score (nSPS) is 14.4. The maximum Gasteiger partial charge on any atom is 0.147 e. The lowest BCUT2D eigenvalue weighted by Gasteiger charge is -2.35. The van der Waals surface area contributed by atoms with E-state index >= 15 is 0 Å². The van der Waals surface area contributed by atoms with Crippen molar-refractivity contribution in [3.63, 3.8) is 0 Å². The number of piperazine rings is 1. The predicted molar refractivity (Wildman–Crippen MR) is 137 cm³/mol. The summed E-state index contributed by atoms with van der Waals surface area (Å²) in [6, 6.07) is 11.0. The Hall–Kier alpha value is -4.24. The molecule has 3 aromatic heterocycles. The van der Waals surface area contributed by atoms with Gasteiger partial charge in [0.05, 0.1) is 29.8 Å². The molecule has 0 spiro atoms. The van der Waals surface area contributed by atoms with E-state index in [1.165, 1.54) is 6.07 Å². The van der Waals surface area contributed by atoms with E-state index in [9.17, 15) is 4.39 Å². The summed E-state index contributed by atoms with van der Waals surface area (Å²) in [4.78, 5) is 22.8. The Bertz CT molecular complexity index is 1510. The largest absolute Gasteiger partial charge is 0.353 e. The van der Waals surface area contributed by atoms with Crippen LogP contribution in [0.2, 0.25) is 0 Å². The second kappa shape index (κ2) is 9.43.